The van der Waals surface area contributed by atoms with Crippen molar-refractivity contribution in [3.05, 3.63) is 53.6 Å². The highest BCUT2D eigenvalue weighted by Gasteiger charge is 2.25. The summed E-state index contributed by atoms with van der Waals surface area (Å²) in [4.78, 5) is 26.1. The van der Waals surface area contributed by atoms with Gasteiger partial charge in [0.05, 0.1) is 17.8 Å². The van der Waals surface area contributed by atoms with Gasteiger partial charge in [-0.15, -0.1) is 0 Å². The Morgan fingerprint density at radius 1 is 1.12 bits per heavy atom. The van der Waals surface area contributed by atoms with Crippen LogP contribution in [0, 0.1) is 17.6 Å². The zero-order valence-electron chi connectivity index (χ0n) is 19.7. The number of carbonyl (C=O) groups is 2. The van der Waals surface area contributed by atoms with E-state index in [-0.39, 0.29) is 12.0 Å². The number of amides is 1. The molecular formula is C26H32F2N2O4. The van der Waals surface area contributed by atoms with Gasteiger partial charge in [0.25, 0.3) is 0 Å². The molecule has 1 fully saturated rings. The highest BCUT2D eigenvalue weighted by Crippen LogP contribution is 2.36. The van der Waals surface area contributed by atoms with Gasteiger partial charge >= 0.3 is 5.97 Å². The number of carboxylic acid groups (broad SMARTS) is 1. The minimum atomic E-state index is -1.11. The van der Waals surface area contributed by atoms with E-state index in [2.05, 4.69) is 24.1 Å². The Morgan fingerprint density at radius 3 is 2.50 bits per heavy atom. The van der Waals surface area contributed by atoms with Crippen LogP contribution in [0.25, 0.3) is 0 Å². The maximum Gasteiger partial charge on any atom is 0.341 e. The maximum absolute atomic E-state index is 14.1. The molecule has 0 radical (unpaired) electrons. The van der Waals surface area contributed by atoms with Crippen molar-refractivity contribution in [1.29, 1.82) is 0 Å². The van der Waals surface area contributed by atoms with Crippen molar-refractivity contribution in [1.82, 2.24) is 0 Å². The van der Waals surface area contributed by atoms with Crippen molar-refractivity contribution >= 4 is 23.3 Å². The van der Waals surface area contributed by atoms with Crippen LogP contribution in [0.5, 0.6) is 5.75 Å². The molecule has 2 aromatic carbocycles. The molecular weight excluding hydrogens is 442 g/mol. The van der Waals surface area contributed by atoms with Crippen molar-refractivity contribution < 1.29 is 28.2 Å². The van der Waals surface area contributed by atoms with E-state index in [1.54, 1.807) is 12.1 Å². The number of ether oxygens (including phenoxy) is 1. The summed E-state index contributed by atoms with van der Waals surface area (Å²) >= 11 is 0. The fourth-order valence-electron chi connectivity index (χ4n) is 4.36. The van der Waals surface area contributed by atoms with Gasteiger partial charge in [-0.25, -0.2) is 13.6 Å². The number of carbonyl (C=O) groups excluding carboxylic acids is 1. The van der Waals surface area contributed by atoms with Gasteiger partial charge in [0, 0.05) is 24.7 Å². The monoisotopic (exact) mass is 474 g/mol. The second-order valence-electron chi connectivity index (χ2n) is 9.16. The molecule has 3 rings (SSSR count). The molecule has 8 heteroatoms. The predicted octanol–water partition coefficient (Wildman–Crippen LogP) is 5.40. The number of aliphatic carboxylic acids is 1. The number of nitrogens with one attached hydrogen (secondary N) is 1. The molecule has 2 N–H and O–H groups in total. The molecule has 0 aromatic heterocycles. The molecule has 1 aliphatic rings. The number of anilines is 2. The summed E-state index contributed by atoms with van der Waals surface area (Å²) in [5.41, 5.74) is 1.38. The molecule has 0 heterocycles. The third-order valence-corrected chi connectivity index (χ3v) is 5.86. The molecule has 0 unspecified atom stereocenters. The second-order valence-corrected chi connectivity index (χ2v) is 9.16. The Labute approximate surface area is 198 Å². The van der Waals surface area contributed by atoms with E-state index in [1.165, 1.54) is 12.5 Å². The smallest absolute Gasteiger partial charge is 0.341 e. The van der Waals surface area contributed by atoms with Crippen LogP contribution in [0.2, 0.25) is 0 Å². The Kier molecular flexibility index (Phi) is 8.85. The molecule has 0 bridgehead atoms. The van der Waals surface area contributed by atoms with E-state index in [1.807, 2.05) is 6.07 Å². The molecule has 1 aliphatic carbocycles. The van der Waals surface area contributed by atoms with Gasteiger partial charge in [-0.3, -0.25) is 4.79 Å². The van der Waals surface area contributed by atoms with E-state index in [0.29, 0.717) is 23.4 Å². The van der Waals surface area contributed by atoms with Crippen molar-refractivity contribution in [2.75, 3.05) is 23.4 Å². The minimum Gasteiger partial charge on any atom is -0.482 e. The summed E-state index contributed by atoms with van der Waals surface area (Å²) in [5.74, 6) is -2.37. The Balaban J connectivity index is 1.90. The molecule has 184 valence electrons. The van der Waals surface area contributed by atoms with Gasteiger partial charge in [0.15, 0.2) is 6.61 Å². The van der Waals surface area contributed by atoms with E-state index in [0.717, 1.165) is 50.0 Å². The van der Waals surface area contributed by atoms with E-state index in [4.69, 9.17) is 9.84 Å². The topological polar surface area (TPSA) is 78.9 Å². The molecule has 34 heavy (non-hydrogen) atoms. The number of hydrogen-bond donors (Lipinski definition) is 2. The van der Waals surface area contributed by atoms with Crippen LogP contribution in [0.3, 0.4) is 0 Å². The average molecular weight is 475 g/mol. The molecule has 0 spiro atoms. The lowest BCUT2D eigenvalue weighted by molar-refractivity contribution is -0.139. The van der Waals surface area contributed by atoms with Crippen molar-refractivity contribution in [2.24, 2.45) is 5.92 Å². The lowest BCUT2D eigenvalue weighted by atomic mass is 9.93. The first kappa shape index (κ1) is 25.5. The van der Waals surface area contributed by atoms with Gasteiger partial charge in [0.2, 0.25) is 5.91 Å². The molecule has 2 aromatic rings. The van der Waals surface area contributed by atoms with E-state index in [9.17, 15) is 18.4 Å². The third-order valence-electron chi connectivity index (χ3n) is 5.86. The first-order valence-corrected chi connectivity index (χ1v) is 11.7. The Morgan fingerprint density at radius 2 is 1.85 bits per heavy atom. The summed E-state index contributed by atoms with van der Waals surface area (Å²) in [6, 6.07) is 8.59. The van der Waals surface area contributed by atoms with E-state index < -0.39 is 30.1 Å². The Bertz CT molecular complexity index is 1010. The van der Waals surface area contributed by atoms with Crippen LogP contribution in [0.1, 0.15) is 51.5 Å². The van der Waals surface area contributed by atoms with Crippen LogP contribution >= 0.6 is 0 Å². The third kappa shape index (κ3) is 7.17. The lowest BCUT2D eigenvalue weighted by Gasteiger charge is -2.38. The number of hydrogen-bond acceptors (Lipinski definition) is 4. The highest BCUT2D eigenvalue weighted by molar-refractivity contribution is 5.96. The van der Waals surface area contributed by atoms with Gasteiger partial charge in [0.1, 0.15) is 17.4 Å². The number of nitrogens with zero attached hydrogens (tertiary/aromatic N) is 1. The van der Waals surface area contributed by atoms with Crippen molar-refractivity contribution in [3.8, 4) is 5.75 Å². The average Bonchev–Trinajstić information content (AvgIpc) is 2.79. The largest absolute Gasteiger partial charge is 0.482 e. The molecule has 1 saturated carbocycles. The van der Waals surface area contributed by atoms with Crippen molar-refractivity contribution in [2.45, 2.75) is 58.4 Å². The zero-order valence-corrected chi connectivity index (χ0v) is 19.7. The standard InChI is InChI=1S/C26H32F2N2O4/c1-17(2)15-30(20-6-4-3-5-7-20)24-11-10-21(34-16-26(32)33)14-23(24)29-25(31)12-18-8-9-19(27)13-22(18)28/h8-11,13-14,17,20H,3-7,12,15-16H2,1-2H3,(H,29,31)(H,32,33). The van der Waals surface area contributed by atoms with Crippen LogP contribution in [-0.2, 0) is 16.0 Å². The minimum absolute atomic E-state index is 0.0880. The first-order valence-electron chi connectivity index (χ1n) is 11.7. The van der Waals surface area contributed by atoms with Gasteiger partial charge < -0.3 is 20.1 Å². The lowest BCUT2D eigenvalue weighted by Crippen LogP contribution is -2.40. The second kappa shape index (κ2) is 11.8. The first-order chi connectivity index (χ1) is 16.2. The molecule has 0 atom stereocenters. The fraction of sp³-hybridized carbons (Fsp3) is 0.462. The summed E-state index contributed by atoms with van der Waals surface area (Å²) in [7, 11) is 0. The quantitative estimate of drug-likeness (QED) is 0.482. The number of benzene rings is 2. The van der Waals surface area contributed by atoms with E-state index >= 15 is 0 Å². The Hall–Kier alpha value is -3.16. The normalized spacial score (nSPS) is 14.1. The van der Waals surface area contributed by atoms with Crippen molar-refractivity contribution in [3.63, 3.8) is 0 Å². The summed E-state index contributed by atoms with van der Waals surface area (Å²) in [6.07, 6.45) is 5.34. The summed E-state index contributed by atoms with van der Waals surface area (Å²) in [5, 5.41) is 11.8. The van der Waals surface area contributed by atoms with Crippen LogP contribution in [0.4, 0.5) is 20.2 Å². The predicted molar refractivity (Wildman–Crippen MR) is 127 cm³/mol. The SMILES string of the molecule is CC(C)CN(c1ccc(OCC(=O)O)cc1NC(=O)Cc1ccc(F)cc1F)C1CCCCC1. The van der Waals surface area contributed by atoms with Gasteiger partial charge in [-0.1, -0.05) is 39.2 Å². The molecule has 6 nitrogen and oxygen atoms in total. The van der Waals surface area contributed by atoms with Gasteiger partial charge in [-0.05, 0) is 42.5 Å². The number of halogens is 2. The molecule has 1 amide bonds. The number of carboxylic acids is 1. The maximum atomic E-state index is 14.1. The molecule has 0 aliphatic heterocycles. The molecule has 0 saturated heterocycles. The fourth-order valence-corrected chi connectivity index (χ4v) is 4.36. The summed E-state index contributed by atoms with van der Waals surface area (Å²) < 4.78 is 32.6. The zero-order chi connectivity index (χ0) is 24.7. The summed E-state index contributed by atoms with van der Waals surface area (Å²) in [6.45, 7) is 4.55. The van der Waals surface area contributed by atoms with Crippen LogP contribution in [-0.4, -0.2) is 36.2 Å². The highest BCUT2D eigenvalue weighted by atomic mass is 19.1. The number of rotatable bonds is 10. The van der Waals surface area contributed by atoms with Crippen LogP contribution < -0.4 is 15.0 Å². The van der Waals surface area contributed by atoms with Gasteiger partial charge in [-0.2, -0.15) is 0 Å². The van der Waals surface area contributed by atoms with Crippen LogP contribution in [0.15, 0.2) is 36.4 Å².